The highest BCUT2D eigenvalue weighted by Gasteiger charge is 2.31. The predicted octanol–water partition coefficient (Wildman–Crippen LogP) is 0.0306. The maximum Gasteiger partial charge on any atom is 0.326 e. The van der Waals surface area contributed by atoms with Crippen LogP contribution in [0.5, 0.6) is 0 Å². The number of hydrogen-bond donors (Lipinski definition) is 4. The molecule has 21 heavy (non-hydrogen) atoms. The second-order valence-corrected chi connectivity index (χ2v) is 4.93. The molecule has 0 aliphatic carbocycles. The van der Waals surface area contributed by atoms with Crippen molar-refractivity contribution in [1.82, 2.24) is 5.32 Å². The maximum atomic E-state index is 12.2. The van der Waals surface area contributed by atoms with Gasteiger partial charge in [0.2, 0.25) is 11.8 Å². The van der Waals surface area contributed by atoms with E-state index in [1.807, 2.05) is 24.3 Å². The van der Waals surface area contributed by atoms with Gasteiger partial charge < -0.3 is 21.5 Å². The summed E-state index contributed by atoms with van der Waals surface area (Å²) in [4.78, 5) is 34.1. The number of nitrogens with one attached hydrogen (secondary N) is 2. The summed E-state index contributed by atoms with van der Waals surface area (Å²) in [5.74, 6) is -2.58. The highest BCUT2D eigenvalue weighted by molar-refractivity contribution is 5.91. The number of primary amides is 1. The first-order valence-corrected chi connectivity index (χ1v) is 6.63. The molecule has 2 amide bonds. The molecule has 1 aliphatic heterocycles. The highest BCUT2D eigenvalue weighted by atomic mass is 16.4. The fourth-order valence-corrected chi connectivity index (χ4v) is 2.33. The summed E-state index contributed by atoms with van der Waals surface area (Å²) >= 11 is 0. The molecule has 0 spiro atoms. The average molecular weight is 291 g/mol. The van der Waals surface area contributed by atoms with Crippen molar-refractivity contribution in [3.63, 3.8) is 0 Å². The number of benzene rings is 1. The van der Waals surface area contributed by atoms with Crippen molar-refractivity contribution in [2.75, 3.05) is 11.9 Å². The van der Waals surface area contributed by atoms with Crippen LogP contribution in [0.15, 0.2) is 24.3 Å². The van der Waals surface area contributed by atoms with Crippen molar-refractivity contribution in [3.05, 3.63) is 29.8 Å². The Kier molecular flexibility index (Phi) is 4.42. The Balaban J connectivity index is 2.03. The Bertz CT molecular complexity index is 573. The van der Waals surface area contributed by atoms with Crippen LogP contribution in [-0.2, 0) is 14.4 Å². The highest BCUT2D eigenvalue weighted by Crippen LogP contribution is 2.31. The summed E-state index contributed by atoms with van der Waals surface area (Å²) in [5.41, 5.74) is 6.72. The van der Waals surface area contributed by atoms with Crippen LogP contribution in [0, 0.1) is 0 Å². The molecule has 1 heterocycles. The number of carboxylic acid groups (broad SMARTS) is 1. The summed E-state index contributed by atoms with van der Waals surface area (Å²) in [5, 5.41) is 14.7. The monoisotopic (exact) mass is 291 g/mol. The van der Waals surface area contributed by atoms with Gasteiger partial charge in [0.1, 0.15) is 6.04 Å². The Hall–Kier alpha value is -2.57. The van der Waals surface area contributed by atoms with Crippen LogP contribution in [0.1, 0.15) is 24.3 Å². The van der Waals surface area contributed by atoms with Crippen LogP contribution in [0.2, 0.25) is 0 Å². The van der Waals surface area contributed by atoms with Gasteiger partial charge in [-0.05, 0) is 18.1 Å². The van der Waals surface area contributed by atoms with Gasteiger partial charge in [0.25, 0.3) is 0 Å². The molecule has 2 unspecified atom stereocenters. The number of aliphatic carboxylic acids is 1. The first kappa shape index (κ1) is 14.8. The fraction of sp³-hybridized carbons (Fsp3) is 0.357. The lowest BCUT2D eigenvalue weighted by Gasteiger charge is -2.17. The number of amides is 2. The van der Waals surface area contributed by atoms with Crippen LogP contribution in [0.3, 0.4) is 0 Å². The quantitative estimate of drug-likeness (QED) is 0.589. The van der Waals surface area contributed by atoms with Crippen LogP contribution in [0.25, 0.3) is 0 Å². The molecule has 0 radical (unpaired) electrons. The standard InChI is InChI=1S/C14H17N3O4/c15-12(18)6-5-11(14(20)21)17-13(19)9-7-16-10-4-2-1-3-8(9)10/h1-4,9,11,16H,5-7H2,(H2,15,18)(H,17,19)(H,20,21). The Morgan fingerprint density at radius 3 is 2.76 bits per heavy atom. The SMILES string of the molecule is NC(=O)CCC(NC(=O)C1CNc2ccccc21)C(=O)O. The predicted molar refractivity (Wildman–Crippen MR) is 75.7 cm³/mol. The van der Waals surface area contributed by atoms with Gasteiger partial charge in [0.15, 0.2) is 0 Å². The van der Waals surface area contributed by atoms with Gasteiger partial charge in [-0.15, -0.1) is 0 Å². The summed E-state index contributed by atoms with van der Waals surface area (Å²) in [6.45, 7) is 0.424. The lowest BCUT2D eigenvalue weighted by molar-refractivity contribution is -0.142. The normalized spacial score (nSPS) is 17.4. The van der Waals surface area contributed by atoms with E-state index in [1.54, 1.807) is 0 Å². The van der Waals surface area contributed by atoms with Crippen LogP contribution in [-0.4, -0.2) is 35.5 Å². The van der Waals surface area contributed by atoms with Crippen molar-refractivity contribution >= 4 is 23.5 Å². The van der Waals surface area contributed by atoms with E-state index in [2.05, 4.69) is 10.6 Å². The van der Waals surface area contributed by atoms with E-state index in [-0.39, 0.29) is 18.7 Å². The number of rotatable bonds is 6. The molecule has 0 saturated heterocycles. The van der Waals surface area contributed by atoms with Crippen molar-refractivity contribution in [3.8, 4) is 0 Å². The summed E-state index contributed by atoms with van der Waals surface area (Å²) < 4.78 is 0. The first-order chi connectivity index (χ1) is 9.99. The Morgan fingerprint density at radius 2 is 2.10 bits per heavy atom. The molecular formula is C14H17N3O4. The topological polar surface area (TPSA) is 122 Å². The minimum absolute atomic E-state index is 0.0157. The summed E-state index contributed by atoms with van der Waals surface area (Å²) in [6, 6.07) is 6.27. The Morgan fingerprint density at radius 1 is 1.38 bits per heavy atom. The number of hydrogen-bond acceptors (Lipinski definition) is 4. The van der Waals surface area contributed by atoms with Crippen LogP contribution < -0.4 is 16.4 Å². The zero-order valence-electron chi connectivity index (χ0n) is 11.3. The van der Waals surface area contributed by atoms with Crippen molar-refractivity contribution in [2.24, 2.45) is 5.73 Å². The molecule has 0 aromatic heterocycles. The molecule has 0 saturated carbocycles. The number of anilines is 1. The second-order valence-electron chi connectivity index (χ2n) is 4.93. The van der Waals surface area contributed by atoms with Gasteiger partial charge in [-0.25, -0.2) is 4.79 Å². The number of fused-ring (bicyclic) bond motifs is 1. The van der Waals surface area contributed by atoms with E-state index in [0.717, 1.165) is 11.3 Å². The molecule has 1 aromatic carbocycles. The van der Waals surface area contributed by atoms with Gasteiger partial charge in [-0.1, -0.05) is 18.2 Å². The number of para-hydroxylation sites is 1. The maximum absolute atomic E-state index is 12.2. The van der Waals surface area contributed by atoms with E-state index >= 15 is 0 Å². The minimum Gasteiger partial charge on any atom is -0.480 e. The van der Waals surface area contributed by atoms with Gasteiger partial charge in [0, 0.05) is 18.7 Å². The van der Waals surface area contributed by atoms with Crippen molar-refractivity contribution < 1.29 is 19.5 Å². The number of carboxylic acids is 1. The molecule has 1 aliphatic rings. The van der Waals surface area contributed by atoms with Gasteiger partial charge in [0.05, 0.1) is 5.92 Å². The number of carbonyl (C=O) groups is 3. The van der Waals surface area contributed by atoms with Crippen LogP contribution >= 0.6 is 0 Å². The molecule has 2 atom stereocenters. The minimum atomic E-state index is -1.18. The third-order valence-corrected chi connectivity index (χ3v) is 3.44. The Labute approximate surface area is 121 Å². The molecule has 0 fully saturated rings. The lowest BCUT2D eigenvalue weighted by atomic mass is 9.99. The van der Waals surface area contributed by atoms with Gasteiger partial charge >= 0.3 is 5.97 Å². The first-order valence-electron chi connectivity index (χ1n) is 6.63. The van der Waals surface area contributed by atoms with E-state index < -0.39 is 23.8 Å². The number of carbonyl (C=O) groups excluding carboxylic acids is 2. The lowest BCUT2D eigenvalue weighted by Crippen LogP contribution is -2.43. The molecule has 2 rings (SSSR count). The fourth-order valence-electron chi connectivity index (χ4n) is 2.33. The molecule has 0 bridgehead atoms. The average Bonchev–Trinajstić information content (AvgIpc) is 2.86. The molecular weight excluding hydrogens is 274 g/mol. The smallest absolute Gasteiger partial charge is 0.326 e. The third-order valence-electron chi connectivity index (χ3n) is 3.44. The zero-order chi connectivity index (χ0) is 15.4. The zero-order valence-corrected chi connectivity index (χ0v) is 11.3. The van der Waals surface area contributed by atoms with Gasteiger partial charge in [-0.2, -0.15) is 0 Å². The van der Waals surface area contributed by atoms with E-state index in [9.17, 15) is 14.4 Å². The van der Waals surface area contributed by atoms with Crippen molar-refractivity contribution in [1.29, 1.82) is 0 Å². The van der Waals surface area contributed by atoms with Crippen molar-refractivity contribution in [2.45, 2.75) is 24.8 Å². The molecule has 5 N–H and O–H groups in total. The second kappa shape index (κ2) is 6.25. The van der Waals surface area contributed by atoms with E-state index in [4.69, 9.17) is 10.8 Å². The molecule has 7 nitrogen and oxygen atoms in total. The third kappa shape index (κ3) is 3.50. The molecule has 7 heteroatoms. The summed E-state index contributed by atoms with van der Waals surface area (Å²) in [7, 11) is 0. The molecule has 112 valence electrons. The van der Waals surface area contributed by atoms with E-state index in [0.29, 0.717) is 6.54 Å². The number of nitrogens with two attached hydrogens (primary N) is 1. The van der Waals surface area contributed by atoms with Gasteiger partial charge in [-0.3, -0.25) is 9.59 Å². The summed E-state index contributed by atoms with van der Waals surface area (Å²) in [6.07, 6.45) is -0.102. The van der Waals surface area contributed by atoms with Crippen LogP contribution in [0.4, 0.5) is 5.69 Å². The molecule has 1 aromatic rings. The van der Waals surface area contributed by atoms with E-state index in [1.165, 1.54) is 0 Å². The largest absolute Gasteiger partial charge is 0.480 e.